The van der Waals surface area contributed by atoms with Crippen molar-refractivity contribution in [3.63, 3.8) is 0 Å². The lowest BCUT2D eigenvalue weighted by molar-refractivity contribution is -0.120. The second-order valence-electron chi connectivity index (χ2n) is 2.47. The molecule has 0 aliphatic rings. The van der Waals surface area contributed by atoms with Gasteiger partial charge < -0.3 is 24.9 Å². The van der Waals surface area contributed by atoms with E-state index < -0.39 is 26.6 Å². The van der Waals surface area contributed by atoms with Crippen LogP contribution in [0.4, 0.5) is 0 Å². The van der Waals surface area contributed by atoms with Gasteiger partial charge in [-0.25, -0.2) is 0 Å². The van der Waals surface area contributed by atoms with E-state index in [1.165, 1.54) is 6.92 Å². The minimum absolute atomic E-state index is 0.128. The van der Waals surface area contributed by atoms with E-state index >= 15 is 0 Å². The fourth-order valence-corrected chi connectivity index (χ4v) is 2.80. The second kappa shape index (κ2) is 4.53. The molecule has 0 bridgehead atoms. The zero-order valence-electron chi connectivity index (χ0n) is 7.19. The van der Waals surface area contributed by atoms with Crippen LogP contribution in [0.25, 0.3) is 0 Å². The summed E-state index contributed by atoms with van der Waals surface area (Å²) < 4.78 is 21.2. The lowest BCUT2D eigenvalue weighted by atomic mass is 10.5. The fourth-order valence-electron chi connectivity index (χ4n) is 0.610. The molecular weight excluding hydrogens is 236 g/mol. The molecule has 10 heteroatoms. The van der Waals surface area contributed by atoms with Crippen molar-refractivity contribution in [1.82, 2.24) is 5.32 Å². The molecule has 1 amide bonds. The van der Waals surface area contributed by atoms with Crippen LogP contribution in [0, 0.1) is 0 Å². The van der Waals surface area contributed by atoms with Crippen molar-refractivity contribution in [3.8, 4) is 0 Å². The maximum absolute atomic E-state index is 10.7. The molecule has 8 nitrogen and oxygen atoms in total. The van der Waals surface area contributed by atoms with Crippen LogP contribution in [0.3, 0.4) is 0 Å². The Labute approximate surface area is 79.6 Å². The van der Waals surface area contributed by atoms with Gasteiger partial charge in [0, 0.05) is 6.42 Å². The summed E-state index contributed by atoms with van der Waals surface area (Å²) in [6, 6.07) is 0. The summed E-state index contributed by atoms with van der Waals surface area (Å²) in [5, 5.41) is 1.58. The number of hydrogen-bond acceptors (Lipinski definition) is 3. The van der Waals surface area contributed by atoms with Crippen LogP contribution < -0.4 is 5.32 Å². The van der Waals surface area contributed by atoms with Crippen LogP contribution in [0.2, 0.25) is 0 Å². The molecule has 0 aromatic heterocycles. The van der Waals surface area contributed by atoms with Gasteiger partial charge in [0.2, 0.25) is 11.4 Å². The predicted molar refractivity (Wildman–Crippen MR) is 46.3 cm³/mol. The average Bonchev–Trinajstić information content (AvgIpc) is 1.95. The predicted octanol–water partition coefficient (Wildman–Crippen LogP) is -0.848. The van der Waals surface area contributed by atoms with Crippen LogP contribution in [-0.2, 0) is 13.9 Å². The summed E-state index contributed by atoms with van der Waals surface area (Å²) in [6.07, 6.45) is -0.128. The van der Waals surface area contributed by atoms with E-state index in [4.69, 9.17) is 19.6 Å². The highest BCUT2D eigenvalue weighted by Crippen LogP contribution is 2.58. The molecule has 0 aromatic carbocycles. The molecule has 0 rings (SSSR count). The summed E-state index contributed by atoms with van der Waals surface area (Å²) in [6.45, 7) is 1.38. The zero-order chi connectivity index (χ0) is 11.6. The largest absolute Gasteiger partial charge is 0.360 e. The molecule has 0 aromatic rings. The molecule has 0 unspecified atom stereocenters. The second-order valence-corrected chi connectivity index (χ2v) is 6.27. The molecule has 0 heterocycles. The summed E-state index contributed by atoms with van der Waals surface area (Å²) in [4.78, 5) is 45.0. The molecular formula is C4H11NO7P2. The third-order valence-corrected chi connectivity index (χ3v) is 4.59. The Balaban J connectivity index is 4.87. The van der Waals surface area contributed by atoms with E-state index in [0.29, 0.717) is 0 Å². The van der Waals surface area contributed by atoms with Crippen LogP contribution in [-0.4, -0.2) is 31.0 Å². The lowest BCUT2D eigenvalue weighted by Gasteiger charge is -2.20. The number of rotatable bonds is 4. The molecule has 0 spiro atoms. The zero-order valence-corrected chi connectivity index (χ0v) is 8.98. The van der Waals surface area contributed by atoms with Crippen molar-refractivity contribution in [1.29, 1.82) is 0 Å². The van der Waals surface area contributed by atoms with Crippen molar-refractivity contribution in [2.75, 3.05) is 0 Å². The first kappa shape index (κ1) is 13.8. The van der Waals surface area contributed by atoms with Gasteiger partial charge in [-0.2, -0.15) is 0 Å². The first-order chi connectivity index (χ1) is 6.09. The van der Waals surface area contributed by atoms with Crippen LogP contribution in [0.5, 0.6) is 0 Å². The minimum Gasteiger partial charge on any atom is -0.332 e. The first-order valence-electron chi connectivity index (χ1n) is 3.49. The van der Waals surface area contributed by atoms with E-state index in [1.807, 2.05) is 0 Å². The molecule has 0 aliphatic heterocycles. The highest BCUT2D eigenvalue weighted by atomic mass is 31.2. The Bertz CT molecular complexity index is 281. The third kappa shape index (κ3) is 4.32. The standard InChI is InChI=1S/C4H11NO7P2/c1-2-3(6)5-4(13(7,8)9)14(10,11)12/h4H,2H2,1H3,(H,5,6)(H2,7,8,9)(H2,10,11,12). The number of carbonyl (C=O) groups excluding carboxylic acids is 1. The summed E-state index contributed by atoms with van der Waals surface area (Å²) in [7, 11) is -10.1. The Morgan fingerprint density at radius 2 is 1.57 bits per heavy atom. The highest BCUT2D eigenvalue weighted by Gasteiger charge is 2.44. The molecule has 14 heavy (non-hydrogen) atoms. The molecule has 0 atom stereocenters. The first-order valence-corrected chi connectivity index (χ1v) is 6.85. The molecule has 0 fully saturated rings. The molecule has 0 saturated carbocycles. The summed E-state index contributed by atoms with van der Waals surface area (Å²) in [5.41, 5.74) is -2.46. The number of amides is 1. The van der Waals surface area contributed by atoms with Gasteiger partial charge >= 0.3 is 15.2 Å². The third-order valence-electron chi connectivity index (χ3n) is 1.25. The van der Waals surface area contributed by atoms with E-state index in [9.17, 15) is 13.9 Å². The van der Waals surface area contributed by atoms with Gasteiger partial charge in [0.25, 0.3) is 0 Å². The van der Waals surface area contributed by atoms with Gasteiger partial charge in [0.05, 0.1) is 0 Å². The van der Waals surface area contributed by atoms with Gasteiger partial charge in [0.1, 0.15) is 0 Å². The molecule has 84 valence electrons. The highest BCUT2D eigenvalue weighted by molar-refractivity contribution is 7.70. The van der Waals surface area contributed by atoms with Crippen molar-refractivity contribution >= 4 is 21.1 Å². The Hall–Kier alpha value is -0.230. The molecule has 0 aliphatic carbocycles. The monoisotopic (exact) mass is 247 g/mol. The fraction of sp³-hybridized carbons (Fsp3) is 0.750. The van der Waals surface area contributed by atoms with E-state index in [0.717, 1.165) is 0 Å². The lowest BCUT2D eigenvalue weighted by Crippen LogP contribution is -2.34. The maximum Gasteiger partial charge on any atom is 0.360 e. The van der Waals surface area contributed by atoms with Crippen molar-refractivity contribution in [3.05, 3.63) is 0 Å². The van der Waals surface area contributed by atoms with E-state index in [2.05, 4.69) is 0 Å². The number of hydrogen-bond donors (Lipinski definition) is 5. The maximum atomic E-state index is 10.7. The Morgan fingerprint density at radius 1 is 1.21 bits per heavy atom. The smallest absolute Gasteiger partial charge is 0.332 e. The quantitative estimate of drug-likeness (QED) is 0.407. The van der Waals surface area contributed by atoms with E-state index in [1.54, 1.807) is 5.32 Å². The van der Waals surface area contributed by atoms with Gasteiger partial charge in [-0.05, 0) is 0 Å². The van der Waals surface area contributed by atoms with Crippen molar-refractivity contribution < 1.29 is 33.5 Å². The van der Waals surface area contributed by atoms with Crippen molar-refractivity contribution in [2.45, 2.75) is 18.9 Å². The van der Waals surface area contributed by atoms with Gasteiger partial charge in [-0.15, -0.1) is 0 Å². The Morgan fingerprint density at radius 3 is 1.79 bits per heavy atom. The van der Waals surface area contributed by atoms with Crippen LogP contribution in [0.15, 0.2) is 0 Å². The molecule has 0 saturated heterocycles. The van der Waals surface area contributed by atoms with Crippen LogP contribution in [0.1, 0.15) is 13.3 Å². The van der Waals surface area contributed by atoms with Crippen LogP contribution >= 0.6 is 15.2 Å². The molecule has 5 N–H and O–H groups in total. The number of carbonyl (C=O) groups is 1. The normalized spacial score (nSPS) is 13.0. The SMILES string of the molecule is CCC(=O)NC(P(=O)(O)O)P(=O)(O)O. The molecule has 0 radical (unpaired) electrons. The van der Waals surface area contributed by atoms with E-state index in [-0.39, 0.29) is 6.42 Å². The van der Waals surface area contributed by atoms with Gasteiger partial charge in [0.15, 0.2) is 0 Å². The number of nitrogens with one attached hydrogen (secondary N) is 1. The summed E-state index contributed by atoms with van der Waals surface area (Å²) >= 11 is 0. The van der Waals surface area contributed by atoms with Gasteiger partial charge in [-0.1, -0.05) is 6.92 Å². The average molecular weight is 247 g/mol. The summed E-state index contributed by atoms with van der Waals surface area (Å²) in [5.74, 6) is -0.846. The van der Waals surface area contributed by atoms with Crippen molar-refractivity contribution in [2.24, 2.45) is 0 Å². The topological polar surface area (TPSA) is 144 Å². The van der Waals surface area contributed by atoms with Gasteiger partial charge in [-0.3, -0.25) is 13.9 Å². The minimum atomic E-state index is -5.06. The Kier molecular flexibility index (Phi) is 4.45.